The van der Waals surface area contributed by atoms with Gasteiger partial charge in [-0.2, -0.15) is 5.10 Å². The third-order valence-corrected chi connectivity index (χ3v) is 3.00. The van der Waals surface area contributed by atoms with Crippen LogP contribution in [0.5, 0.6) is 0 Å². The normalized spacial score (nSPS) is 10.9. The van der Waals surface area contributed by atoms with Gasteiger partial charge in [0.2, 0.25) is 0 Å². The highest BCUT2D eigenvalue weighted by Crippen LogP contribution is 2.27. The summed E-state index contributed by atoms with van der Waals surface area (Å²) in [5, 5.41) is 8.05. The van der Waals surface area contributed by atoms with E-state index in [1.54, 1.807) is 16.9 Å². The Morgan fingerprint density at radius 1 is 1.25 bits per heavy atom. The molecule has 7 heteroatoms. The van der Waals surface area contributed by atoms with E-state index < -0.39 is 0 Å². The van der Waals surface area contributed by atoms with Crippen LogP contribution >= 0.6 is 0 Å². The molecule has 3 rings (SSSR count). The van der Waals surface area contributed by atoms with Crippen LogP contribution in [0.25, 0.3) is 22.6 Å². The van der Waals surface area contributed by atoms with Crippen molar-refractivity contribution in [3.05, 3.63) is 29.9 Å². The lowest BCUT2D eigenvalue weighted by Gasteiger charge is -2.04. The van der Waals surface area contributed by atoms with Crippen LogP contribution in [0.4, 0.5) is 5.82 Å². The summed E-state index contributed by atoms with van der Waals surface area (Å²) in [5.74, 6) is 1.58. The molecule has 3 heterocycles. The second-order valence-electron chi connectivity index (χ2n) is 4.60. The zero-order valence-corrected chi connectivity index (χ0v) is 11.5. The van der Waals surface area contributed by atoms with Crippen LogP contribution < -0.4 is 5.73 Å². The fraction of sp³-hybridized carbons (Fsp3) is 0.231. The lowest BCUT2D eigenvalue weighted by molar-refractivity contribution is 0.393. The summed E-state index contributed by atoms with van der Waals surface area (Å²) in [6, 6.07) is 1.72. The summed E-state index contributed by atoms with van der Waals surface area (Å²) in [6.07, 6.45) is 3.61. The number of nitrogens with zero attached hydrogens (tertiary/aromatic N) is 5. The van der Waals surface area contributed by atoms with E-state index in [0.29, 0.717) is 17.4 Å². The summed E-state index contributed by atoms with van der Waals surface area (Å²) in [6.45, 7) is 3.67. The average molecular weight is 270 g/mol. The molecule has 0 aliphatic carbocycles. The number of anilines is 1. The molecule has 0 amide bonds. The molecule has 3 aromatic heterocycles. The van der Waals surface area contributed by atoms with Gasteiger partial charge in [-0.15, -0.1) is 0 Å². The molecular formula is C13H14N6O. The summed E-state index contributed by atoms with van der Waals surface area (Å²) >= 11 is 0. The van der Waals surface area contributed by atoms with Crippen LogP contribution in [0.1, 0.15) is 11.5 Å². The maximum Gasteiger partial charge on any atom is 0.167 e. The number of nitrogen functional groups attached to an aromatic ring is 1. The van der Waals surface area contributed by atoms with E-state index in [4.69, 9.17) is 10.3 Å². The van der Waals surface area contributed by atoms with Gasteiger partial charge in [0.15, 0.2) is 5.82 Å². The maximum atomic E-state index is 5.88. The number of aromatic nitrogens is 5. The highest BCUT2D eigenvalue weighted by atomic mass is 16.5. The molecule has 0 aromatic carbocycles. The van der Waals surface area contributed by atoms with Crippen molar-refractivity contribution in [2.24, 2.45) is 7.05 Å². The minimum Gasteiger partial charge on any atom is -0.384 e. The van der Waals surface area contributed by atoms with Crippen molar-refractivity contribution in [1.29, 1.82) is 0 Å². The molecule has 0 atom stereocenters. The van der Waals surface area contributed by atoms with Crippen LogP contribution in [0, 0.1) is 13.8 Å². The fourth-order valence-corrected chi connectivity index (χ4v) is 2.08. The smallest absolute Gasteiger partial charge is 0.167 e. The quantitative estimate of drug-likeness (QED) is 0.761. The Morgan fingerprint density at radius 2 is 2.05 bits per heavy atom. The van der Waals surface area contributed by atoms with Gasteiger partial charge in [0, 0.05) is 24.9 Å². The van der Waals surface area contributed by atoms with Gasteiger partial charge in [-0.3, -0.25) is 4.68 Å². The zero-order chi connectivity index (χ0) is 14.3. The van der Waals surface area contributed by atoms with Crippen LogP contribution in [0.15, 0.2) is 23.0 Å². The molecule has 0 spiro atoms. The maximum absolute atomic E-state index is 5.88. The molecule has 0 aliphatic heterocycles. The molecule has 0 fully saturated rings. The lowest BCUT2D eigenvalue weighted by Crippen LogP contribution is -1.98. The number of hydrogen-bond acceptors (Lipinski definition) is 6. The van der Waals surface area contributed by atoms with Crippen molar-refractivity contribution < 1.29 is 4.52 Å². The monoisotopic (exact) mass is 270 g/mol. The van der Waals surface area contributed by atoms with E-state index in [0.717, 1.165) is 22.5 Å². The molecule has 2 N–H and O–H groups in total. The molecule has 0 saturated carbocycles. The first-order valence-corrected chi connectivity index (χ1v) is 6.11. The lowest BCUT2D eigenvalue weighted by atomic mass is 10.1. The third kappa shape index (κ3) is 2.03. The molecule has 20 heavy (non-hydrogen) atoms. The summed E-state index contributed by atoms with van der Waals surface area (Å²) in [5.41, 5.74) is 9.01. The number of rotatable bonds is 2. The predicted octanol–water partition coefficient (Wildman–Crippen LogP) is 1.73. The molecule has 3 aromatic rings. The Balaban J connectivity index is 2.17. The van der Waals surface area contributed by atoms with Gasteiger partial charge in [-0.1, -0.05) is 5.16 Å². The van der Waals surface area contributed by atoms with Crippen LogP contribution in [0.2, 0.25) is 0 Å². The molecular weight excluding hydrogens is 256 g/mol. The van der Waals surface area contributed by atoms with E-state index in [1.165, 1.54) is 0 Å². The van der Waals surface area contributed by atoms with Crippen LogP contribution in [0.3, 0.4) is 0 Å². The Hall–Kier alpha value is -2.70. The Morgan fingerprint density at radius 3 is 2.65 bits per heavy atom. The van der Waals surface area contributed by atoms with E-state index in [1.807, 2.05) is 27.1 Å². The van der Waals surface area contributed by atoms with Gasteiger partial charge in [0.25, 0.3) is 0 Å². The first kappa shape index (κ1) is 12.3. The minimum absolute atomic E-state index is 0.397. The fourth-order valence-electron chi connectivity index (χ4n) is 2.08. The second kappa shape index (κ2) is 4.44. The van der Waals surface area contributed by atoms with Crippen molar-refractivity contribution >= 4 is 5.82 Å². The SMILES string of the molecule is Cc1noc(C)c1-c1nc(N)cc(-c2cnn(C)c2)n1. The number of nitrogens with two attached hydrogens (primary N) is 1. The van der Waals surface area contributed by atoms with Gasteiger partial charge >= 0.3 is 0 Å². The summed E-state index contributed by atoms with van der Waals surface area (Å²) in [4.78, 5) is 8.81. The molecule has 102 valence electrons. The molecule has 0 saturated heterocycles. The van der Waals surface area contributed by atoms with Crippen molar-refractivity contribution in [3.63, 3.8) is 0 Å². The highest BCUT2D eigenvalue weighted by molar-refractivity contribution is 5.67. The van der Waals surface area contributed by atoms with Gasteiger partial charge in [0.05, 0.1) is 23.1 Å². The zero-order valence-electron chi connectivity index (χ0n) is 11.5. The van der Waals surface area contributed by atoms with Gasteiger partial charge in [-0.25, -0.2) is 9.97 Å². The average Bonchev–Trinajstić information content (AvgIpc) is 2.95. The summed E-state index contributed by atoms with van der Waals surface area (Å²) < 4.78 is 6.86. The van der Waals surface area contributed by atoms with Gasteiger partial charge in [-0.05, 0) is 13.8 Å². The molecule has 7 nitrogen and oxygen atoms in total. The molecule has 0 aliphatic rings. The number of hydrogen-bond donors (Lipinski definition) is 1. The van der Waals surface area contributed by atoms with Crippen molar-refractivity contribution in [2.45, 2.75) is 13.8 Å². The van der Waals surface area contributed by atoms with Gasteiger partial charge < -0.3 is 10.3 Å². The third-order valence-electron chi connectivity index (χ3n) is 3.00. The van der Waals surface area contributed by atoms with Crippen molar-refractivity contribution in [2.75, 3.05) is 5.73 Å². The van der Waals surface area contributed by atoms with E-state index in [2.05, 4.69) is 20.2 Å². The van der Waals surface area contributed by atoms with E-state index >= 15 is 0 Å². The first-order valence-electron chi connectivity index (χ1n) is 6.11. The predicted molar refractivity (Wildman–Crippen MR) is 73.6 cm³/mol. The molecule has 0 bridgehead atoms. The van der Waals surface area contributed by atoms with Crippen molar-refractivity contribution in [1.82, 2.24) is 24.9 Å². The van der Waals surface area contributed by atoms with Crippen molar-refractivity contribution in [3.8, 4) is 22.6 Å². The molecule has 0 radical (unpaired) electrons. The standard InChI is InChI=1S/C13H14N6O/c1-7-12(8(2)20-18-7)13-16-10(4-11(14)17-13)9-5-15-19(3)6-9/h4-6H,1-3H3,(H2,14,16,17). The molecule has 0 unspecified atom stereocenters. The van der Waals surface area contributed by atoms with Crippen LogP contribution in [-0.2, 0) is 7.05 Å². The summed E-state index contributed by atoms with van der Waals surface area (Å²) in [7, 11) is 1.85. The van der Waals surface area contributed by atoms with E-state index in [-0.39, 0.29) is 0 Å². The second-order valence-corrected chi connectivity index (χ2v) is 4.60. The largest absolute Gasteiger partial charge is 0.384 e. The highest BCUT2D eigenvalue weighted by Gasteiger charge is 2.16. The number of aryl methyl sites for hydroxylation is 3. The minimum atomic E-state index is 0.397. The van der Waals surface area contributed by atoms with Gasteiger partial charge in [0.1, 0.15) is 11.6 Å². The Kier molecular flexibility index (Phi) is 2.74. The first-order chi connectivity index (χ1) is 9.54. The van der Waals surface area contributed by atoms with E-state index in [9.17, 15) is 0 Å². The van der Waals surface area contributed by atoms with Crippen LogP contribution in [-0.4, -0.2) is 24.9 Å². The Labute approximate surface area is 115 Å². The Bertz CT molecular complexity index is 754. The topological polar surface area (TPSA) is 95.6 Å².